The smallest absolute Gasteiger partial charge is 0.131 e. The summed E-state index contributed by atoms with van der Waals surface area (Å²) in [6.07, 6.45) is 6.35. The van der Waals surface area contributed by atoms with Gasteiger partial charge in [-0.1, -0.05) is 30.4 Å². The highest BCUT2D eigenvalue weighted by Gasteiger charge is 2.18. The molecule has 3 rings (SSSR count). The molecule has 3 nitrogen and oxygen atoms in total. The minimum absolute atomic E-state index is 0.146. The standard InChI is InChI=1S/C13H10FN3S/c14-10-5-2-1-4-9(10)8-15-11-6-3-7-12-13(11)17-18-16-12/h1-6,8,11H,7H2. The third-order valence-electron chi connectivity index (χ3n) is 2.78. The van der Waals surface area contributed by atoms with Crippen LogP contribution in [0.2, 0.25) is 0 Å². The fraction of sp³-hybridized carbons (Fsp3) is 0.154. The molecule has 0 saturated heterocycles. The Morgan fingerprint density at radius 2 is 2.22 bits per heavy atom. The highest BCUT2D eigenvalue weighted by atomic mass is 32.1. The van der Waals surface area contributed by atoms with Crippen molar-refractivity contribution in [3.8, 4) is 0 Å². The Bertz CT molecular complexity index is 618. The highest BCUT2D eigenvalue weighted by molar-refractivity contribution is 6.99. The Morgan fingerprint density at radius 1 is 1.33 bits per heavy atom. The minimum Gasteiger partial charge on any atom is -0.278 e. The number of rotatable bonds is 2. The summed E-state index contributed by atoms with van der Waals surface area (Å²) in [6.45, 7) is 0. The van der Waals surface area contributed by atoms with Crippen LogP contribution in [0, 0.1) is 5.82 Å². The average Bonchev–Trinajstić information content (AvgIpc) is 2.86. The first-order valence-electron chi connectivity index (χ1n) is 5.60. The van der Waals surface area contributed by atoms with Gasteiger partial charge in [0.25, 0.3) is 0 Å². The normalized spacial score (nSPS) is 18.2. The minimum atomic E-state index is -0.266. The largest absolute Gasteiger partial charge is 0.278 e. The van der Waals surface area contributed by atoms with Crippen molar-refractivity contribution in [1.29, 1.82) is 0 Å². The molecule has 1 aliphatic rings. The molecule has 0 aliphatic heterocycles. The van der Waals surface area contributed by atoms with Gasteiger partial charge in [0.15, 0.2) is 0 Å². The van der Waals surface area contributed by atoms with E-state index in [1.807, 2.05) is 12.2 Å². The number of allylic oxidation sites excluding steroid dienone is 1. The molecule has 1 atom stereocenters. The van der Waals surface area contributed by atoms with Crippen molar-refractivity contribution < 1.29 is 4.39 Å². The highest BCUT2D eigenvalue weighted by Crippen LogP contribution is 2.26. The summed E-state index contributed by atoms with van der Waals surface area (Å²) in [4.78, 5) is 4.38. The molecule has 1 unspecified atom stereocenters. The first kappa shape index (κ1) is 11.2. The van der Waals surface area contributed by atoms with Crippen molar-refractivity contribution in [2.45, 2.75) is 12.5 Å². The Kier molecular flexibility index (Phi) is 2.98. The first-order chi connectivity index (χ1) is 8.84. The van der Waals surface area contributed by atoms with E-state index < -0.39 is 0 Å². The Labute approximate surface area is 108 Å². The Morgan fingerprint density at radius 3 is 3.11 bits per heavy atom. The quantitative estimate of drug-likeness (QED) is 0.614. The zero-order valence-corrected chi connectivity index (χ0v) is 10.3. The van der Waals surface area contributed by atoms with E-state index in [1.165, 1.54) is 17.8 Å². The van der Waals surface area contributed by atoms with Gasteiger partial charge in [0, 0.05) is 18.2 Å². The van der Waals surface area contributed by atoms with E-state index in [0.717, 1.165) is 17.8 Å². The van der Waals surface area contributed by atoms with Gasteiger partial charge in [0.1, 0.15) is 17.6 Å². The van der Waals surface area contributed by atoms with Crippen LogP contribution >= 0.6 is 11.7 Å². The molecule has 0 amide bonds. The summed E-state index contributed by atoms with van der Waals surface area (Å²) < 4.78 is 21.9. The summed E-state index contributed by atoms with van der Waals surface area (Å²) in [7, 11) is 0. The number of nitrogens with zero attached hydrogens (tertiary/aromatic N) is 3. The van der Waals surface area contributed by atoms with Gasteiger partial charge >= 0.3 is 0 Å². The first-order valence-corrected chi connectivity index (χ1v) is 6.33. The molecule has 18 heavy (non-hydrogen) atoms. The molecule has 0 bridgehead atoms. The Balaban J connectivity index is 1.88. The fourth-order valence-electron chi connectivity index (χ4n) is 1.84. The van der Waals surface area contributed by atoms with Crippen molar-refractivity contribution in [2.75, 3.05) is 0 Å². The van der Waals surface area contributed by atoms with E-state index in [1.54, 1.807) is 24.4 Å². The second kappa shape index (κ2) is 4.78. The summed E-state index contributed by atoms with van der Waals surface area (Å²) in [5, 5.41) is 0. The van der Waals surface area contributed by atoms with Gasteiger partial charge in [-0.2, -0.15) is 8.75 Å². The van der Waals surface area contributed by atoms with E-state index >= 15 is 0 Å². The second-order valence-electron chi connectivity index (χ2n) is 3.97. The zero-order chi connectivity index (χ0) is 12.4. The summed E-state index contributed by atoms with van der Waals surface area (Å²) in [5.41, 5.74) is 2.34. The van der Waals surface area contributed by atoms with Crippen LogP contribution in [0.15, 0.2) is 41.4 Å². The third-order valence-corrected chi connectivity index (χ3v) is 3.36. The lowest BCUT2D eigenvalue weighted by Crippen LogP contribution is -2.03. The van der Waals surface area contributed by atoms with Gasteiger partial charge < -0.3 is 0 Å². The topological polar surface area (TPSA) is 38.1 Å². The predicted molar refractivity (Wildman–Crippen MR) is 69.5 cm³/mol. The van der Waals surface area contributed by atoms with Gasteiger partial charge in [0.2, 0.25) is 0 Å². The molecular weight excluding hydrogens is 249 g/mol. The van der Waals surface area contributed by atoms with E-state index in [0.29, 0.717) is 5.56 Å². The molecule has 0 saturated carbocycles. The van der Waals surface area contributed by atoms with Crippen LogP contribution in [0.1, 0.15) is 23.0 Å². The number of fused-ring (bicyclic) bond motifs is 1. The Hall–Kier alpha value is -1.88. The van der Waals surface area contributed by atoms with Gasteiger partial charge in [-0.25, -0.2) is 4.39 Å². The van der Waals surface area contributed by atoms with Crippen LogP contribution in [0.5, 0.6) is 0 Å². The van der Waals surface area contributed by atoms with Gasteiger partial charge in [-0.05, 0) is 6.07 Å². The number of hydrogen-bond acceptors (Lipinski definition) is 4. The van der Waals surface area contributed by atoms with Crippen molar-refractivity contribution >= 4 is 17.9 Å². The molecule has 1 aromatic heterocycles. The molecular formula is C13H10FN3S. The predicted octanol–water partition coefficient (Wildman–Crippen LogP) is 2.95. The van der Waals surface area contributed by atoms with Crippen LogP contribution < -0.4 is 0 Å². The van der Waals surface area contributed by atoms with E-state index in [2.05, 4.69) is 13.7 Å². The van der Waals surface area contributed by atoms with Crippen LogP contribution in [-0.4, -0.2) is 15.0 Å². The number of aliphatic imine (C=N–C) groups is 1. The molecule has 0 radical (unpaired) electrons. The number of hydrogen-bond donors (Lipinski definition) is 0. The van der Waals surface area contributed by atoms with Crippen molar-refractivity contribution in [3.63, 3.8) is 0 Å². The fourth-order valence-corrected chi connectivity index (χ4v) is 2.45. The summed E-state index contributed by atoms with van der Waals surface area (Å²) in [5.74, 6) is -0.266. The number of aromatic nitrogens is 2. The molecule has 1 aliphatic carbocycles. The van der Waals surface area contributed by atoms with E-state index in [9.17, 15) is 4.39 Å². The lowest BCUT2D eigenvalue weighted by Gasteiger charge is -2.10. The molecule has 0 fully saturated rings. The lowest BCUT2D eigenvalue weighted by atomic mass is 10.0. The monoisotopic (exact) mass is 259 g/mol. The van der Waals surface area contributed by atoms with Crippen molar-refractivity contribution in [1.82, 2.24) is 8.75 Å². The summed E-state index contributed by atoms with van der Waals surface area (Å²) >= 11 is 1.20. The molecule has 2 aromatic rings. The number of halogens is 1. The van der Waals surface area contributed by atoms with Crippen LogP contribution in [0.25, 0.3) is 0 Å². The lowest BCUT2D eigenvalue weighted by molar-refractivity contribution is 0.625. The molecule has 0 spiro atoms. The SMILES string of the molecule is Fc1ccccc1C=NC1C=CCc2nsnc21. The van der Waals surface area contributed by atoms with Crippen molar-refractivity contribution in [3.05, 3.63) is 59.2 Å². The van der Waals surface area contributed by atoms with Crippen LogP contribution in [-0.2, 0) is 6.42 Å². The maximum absolute atomic E-state index is 13.4. The molecule has 0 N–H and O–H groups in total. The van der Waals surface area contributed by atoms with Gasteiger partial charge in [0.05, 0.1) is 17.4 Å². The maximum Gasteiger partial charge on any atom is 0.131 e. The zero-order valence-electron chi connectivity index (χ0n) is 9.45. The van der Waals surface area contributed by atoms with E-state index in [4.69, 9.17) is 0 Å². The van der Waals surface area contributed by atoms with E-state index in [-0.39, 0.29) is 11.9 Å². The second-order valence-corrected chi connectivity index (χ2v) is 4.50. The van der Waals surface area contributed by atoms with Crippen LogP contribution in [0.4, 0.5) is 4.39 Å². The molecule has 5 heteroatoms. The third kappa shape index (κ3) is 2.09. The molecule has 1 heterocycles. The maximum atomic E-state index is 13.4. The number of benzene rings is 1. The van der Waals surface area contributed by atoms with Crippen LogP contribution in [0.3, 0.4) is 0 Å². The molecule has 90 valence electrons. The van der Waals surface area contributed by atoms with Gasteiger partial charge in [-0.3, -0.25) is 4.99 Å². The average molecular weight is 259 g/mol. The molecule has 1 aromatic carbocycles. The van der Waals surface area contributed by atoms with Crippen molar-refractivity contribution in [2.24, 2.45) is 4.99 Å². The van der Waals surface area contributed by atoms with Gasteiger partial charge in [-0.15, -0.1) is 0 Å². The summed E-state index contributed by atoms with van der Waals surface area (Å²) in [6, 6.07) is 6.43.